The summed E-state index contributed by atoms with van der Waals surface area (Å²) >= 11 is 0. The SMILES string of the molecule is Cc1ccc(-c2noc(C3CC(=O)N(Cc4ccccc4C)C3)n2)c(C)c1. The Morgan fingerprint density at radius 3 is 2.70 bits per heavy atom. The standard InChI is InChI=1S/C22H23N3O2/c1-14-8-9-19(16(3)10-14)21-23-22(27-24-21)18-11-20(26)25(13-18)12-17-7-5-4-6-15(17)2/h4-10,18H,11-13H2,1-3H3. The van der Waals surface area contributed by atoms with Crippen molar-refractivity contribution in [2.75, 3.05) is 6.54 Å². The molecule has 0 bridgehead atoms. The van der Waals surface area contributed by atoms with Crippen LogP contribution in [-0.4, -0.2) is 27.5 Å². The second-order valence-corrected chi connectivity index (χ2v) is 7.38. The molecule has 0 aliphatic carbocycles. The van der Waals surface area contributed by atoms with Crippen LogP contribution in [-0.2, 0) is 11.3 Å². The Labute approximate surface area is 159 Å². The molecule has 1 aromatic heterocycles. The molecule has 5 heteroatoms. The highest BCUT2D eigenvalue weighted by molar-refractivity contribution is 5.79. The van der Waals surface area contributed by atoms with Gasteiger partial charge in [0.15, 0.2) is 0 Å². The zero-order valence-electron chi connectivity index (χ0n) is 15.9. The van der Waals surface area contributed by atoms with Crippen LogP contribution in [0.4, 0.5) is 0 Å². The van der Waals surface area contributed by atoms with Crippen LogP contribution >= 0.6 is 0 Å². The first-order valence-corrected chi connectivity index (χ1v) is 9.25. The molecule has 138 valence electrons. The summed E-state index contributed by atoms with van der Waals surface area (Å²) in [5, 5.41) is 4.15. The number of hydrogen-bond acceptors (Lipinski definition) is 4. The van der Waals surface area contributed by atoms with Crippen LogP contribution in [0.25, 0.3) is 11.4 Å². The van der Waals surface area contributed by atoms with E-state index in [1.807, 2.05) is 36.1 Å². The monoisotopic (exact) mass is 361 g/mol. The number of nitrogens with zero attached hydrogens (tertiary/aromatic N) is 3. The van der Waals surface area contributed by atoms with E-state index in [0.717, 1.165) is 11.1 Å². The molecule has 1 aliphatic heterocycles. The van der Waals surface area contributed by atoms with Crippen molar-refractivity contribution in [3.05, 3.63) is 70.6 Å². The van der Waals surface area contributed by atoms with Gasteiger partial charge in [0, 0.05) is 25.1 Å². The van der Waals surface area contributed by atoms with Crippen LogP contribution in [0.15, 0.2) is 47.0 Å². The quantitative estimate of drug-likeness (QED) is 0.699. The molecule has 0 saturated carbocycles. The lowest BCUT2D eigenvalue weighted by Crippen LogP contribution is -2.24. The van der Waals surface area contributed by atoms with Crippen molar-refractivity contribution in [3.63, 3.8) is 0 Å². The maximum absolute atomic E-state index is 12.5. The number of aryl methyl sites for hydroxylation is 3. The molecule has 1 unspecified atom stereocenters. The minimum Gasteiger partial charge on any atom is -0.339 e. The van der Waals surface area contributed by atoms with Crippen LogP contribution < -0.4 is 0 Å². The third-order valence-electron chi connectivity index (χ3n) is 5.25. The molecule has 1 atom stereocenters. The lowest BCUT2D eigenvalue weighted by Gasteiger charge is -2.17. The van der Waals surface area contributed by atoms with Crippen LogP contribution in [0.2, 0.25) is 0 Å². The molecule has 3 aromatic rings. The lowest BCUT2D eigenvalue weighted by molar-refractivity contribution is -0.128. The maximum Gasteiger partial charge on any atom is 0.232 e. The van der Waals surface area contributed by atoms with Gasteiger partial charge in [-0.05, 0) is 37.5 Å². The number of benzene rings is 2. The molecule has 0 N–H and O–H groups in total. The largest absolute Gasteiger partial charge is 0.339 e. The molecule has 4 rings (SSSR count). The zero-order chi connectivity index (χ0) is 19.0. The fourth-order valence-electron chi connectivity index (χ4n) is 3.66. The Morgan fingerprint density at radius 2 is 1.93 bits per heavy atom. The summed E-state index contributed by atoms with van der Waals surface area (Å²) in [5.74, 6) is 1.22. The zero-order valence-corrected chi connectivity index (χ0v) is 15.9. The number of amides is 1. The number of hydrogen-bond donors (Lipinski definition) is 0. The molecule has 0 spiro atoms. The second-order valence-electron chi connectivity index (χ2n) is 7.38. The van der Waals surface area contributed by atoms with E-state index in [-0.39, 0.29) is 11.8 Å². The molecule has 27 heavy (non-hydrogen) atoms. The van der Waals surface area contributed by atoms with Gasteiger partial charge in [-0.1, -0.05) is 53.2 Å². The Balaban J connectivity index is 1.51. The highest BCUT2D eigenvalue weighted by Crippen LogP contribution is 2.30. The van der Waals surface area contributed by atoms with E-state index in [1.54, 1.807) is 0 Å². The van der Waals surface area contributed by atoms with E-state index in [9.17, 15) is 4.79 Å². The first-order valence-electron chi connectivity index (χ1n) is 9.25. The summed E-state index contributed by atoms with van der Waals surface area (Å²) in [6.07, 6.45) is 0.417. The minimum absolute atomic E-state index is 0.0477. The number of likely N-dealkylation sites (tertiary alicyclic amines) is 1. The van der Waals surface area contributed by atoms with Crippen molar-refractivity contribution in [2.45, 2.75) is 39.7 Å². The van der Waals surface area contributed by atoms with Gasteiger partial charge in [0.25, 0.3) is 0 Å². The van der Waals surface area contributed by atoms with Gasteiger partial charge in [-0.15, -0.1) is 0 Å². The molecular weight excluding hydrogens is 338 g/mol. The molecule has 1 aliphatic rings. The predicted octanol–water partition coefficient (Wildman–Crippen LogP) is 4.18. The van der Waals surface area contributed by atoms with Crippen molar-refractivity contribution in [3.8, 4) is 11.4 Å². The average molecular weight is 361 g/mol. The van der Waals surface area contributed by atoms with Gasteiger partial charge in [0.1, 0.15) is 0 Å². The first-order chi connectivity index (χ1) is 13.0. The molecule has 2 aromatic carbocycles. The summed E-state index contributed by atoms with van der Waals surface area (Å²) in [6, 6.07) is 14.3. The smallest absolute Gasteiger partial charge is 0.232 e. The third kappa shape index (κ3) is 3.50. The molecular formula is C22H23N3O2. The number of carbonyl (C=O) groups excluding carboxylic acids is 1. The van der Waals surface area contributed by atoms with Crippen LogP contribution in [0.1, 0.15) is 40.5 Å². The molecule has 1 fully saturated rings. The van der Waals surface area contributed by atoms with Gasteiger partial charge >= 0.3 is 0 Å². The molecule has 1 amide bonds. The normalized spacial score (nSPS) is 16.9. The summed E-state index contributed by atoms with van der Waals surface area (Å²) < 4.78 is 5.52. The second kappa shape index (κ2) is 6.99. The Kier molecular flexibility index (Phi) is 4.52. The van der Waals surface area contributed by atoms with Crippen molar-refractivity contribution < 1.29 is 9.32 Å². The van der Waals surface area contributed by atoms with Crippen LogP contribution in [0, 0.1) is 20.8 Å². The van der Waals surface area contributed by atoms with Gasteiger partial charge in [0.05, 0.1) is 5.92 Å². The fourth-order valence-corrected chi connectivity index (χ4v) is 3.66. The molecule has 0 radical (unpaired) electrons. The van der Waals surface area contributed by atoms with E-state index in [1.165, 1.54) is 16.7 Å². The first kappa shape index (κ1) is 17.5. The Morgan fingerprint density at radius 1 is 1.11 bits per heavy atom. The van der Waals surface area contributed by atoms with Crippen LogP contribution in [0.5, 0.6) is 0 Å². The van der Waals surface area contributed by atoms with E-state index in [4.69, 9.17) is 4.52 Å². The van der Waals surface area contributed by atoms with Gasteiger partial charge in [0.2, 0.25) is 17.6 Å². The number of aromatic nitrogens is 2. The minimum atomic E-state index is -0.0477. The van der Waals surface area contributed by atoms with Crippen molar-refractivity contribution in [2.24, 2.45) is 0 Å². The van der Waals surface area contributed by atoms with E-state index in [0.29, 0.717) is 31.2 Å². The number of rotatable bonds is 4. The highest BCUT2D eigenvalue weighted by atomic mass is 16.5. The molecule has 5 nitrogen and oxygen atoms in total. The van der Waals surface area contributed by atoms with Gasteiger partial charge in [-0.2, -0.15) is 4.98 Å². The van der Waals surface area contributed by atoms with Gasteiger partial charge in [-0.3, -0.25) is 4.79 Å². The maximum atomic E-state index is 12.5. The van der Waals surface area contributed by atoms with Crippen molar-refractivity contribution in [1.29, 1.82) is 0 Å². The summed E-state index contributed by atoms with van der Waals surface area (Å²) in [7, 11) is 0. The summed E-state index contributed by atoms with van der Waals surface area (Å²) in [4.78, 5) is 19.0. The molecule has 1 saturated heterocycles. The lowest BCUT2D eigenvalue weighted by atomic mass is 10.1. The van der Waals surface area contributed by atoms with Gasteiger partial charge in [-0.25, -0.2) is 0 Å². The third-order valence-corrected chi connectivity index (χ3v) is 5.25. The van der Waals surface area contributed by atoms with Gasteiger partial charge < -0.3 is 9.42 Å². The Bertz CT molecular complexity index is 993. The van der Waals surface area contributed by atoms with E-state index >= 15 is 0 Å². The van der Waals surface area contributed by atoms with Crippen LogP contribution in [0.3, 0.4) is 0 Å². The summed E-state index contributed by atoms with van der Waals surface area (Å²) in [6.45, 7) is 7.41. The predicted molar refractivity (Wildman–Crippen MR) is 103 cm³/mol. The van der Waals surface area contributed by atoms with E-state index in [2.05, 4.69) is 42.2 Å². The fraction of sp³-hybridized carbons (Fsp3) is 0.318. The summed E-state index contributed by atoms with van der Waals surface area (Å²) in [5.41, 5.74) is 5.66. The Hall–Kier alpha value is -2.95. The topological polar surface area (TPSA) is 59.2 Å². The average Bonchev–Trinajstić information content (AvgIpc) is 3.24. The van der Waals surface area contributed by atoms with Crippen molar-refractivity contribution in [1.82, 2.24) is 15.0 Å². The van der Waals surface area contributed by atoms with Crippen molar-refractivity contribution >= 4 is 5.91 Å². The number of carbonyl (C=O) groups is 1. The highest BCUT2D eigenvalue weighted by Gasteiger charge is 2.34. The van der Waals surface area contributed by atoms with E-state index < -0.39 is 0 Å². The molecule has 2 heterocycles.